The number of anilines is 1. The van der Waals surface area contributed by atoms with Gasteiger partial charge < -0.3 is 10.0 Å². The molecule has 1 aliphatic heterocycles. The first-order valence-electron chi connectivity index (χ1n) is 7.46. The molecule has 1 saturated carbocycles. The van der Waals surface area contributed by atoms with Crippen LogP contribution in [0.3, 0.4) is 0 Å². The quantitative estimate of drug-likeness (QED) is 0.911. The van der Waals surface area contributed by atoms with Gasteiger partial charge in [-0.25, -0.2) is 0 Å². The predicted molar refractivity (Wildman–Crippen MR) is 74.8 cm³/mol. The number of aliphatic hydroxyl groups excluding tert-OH is 1. The van der Waals surface area contributed by atoms with Gasteiger partial charge in [0.2, 0.25) is 0 Å². The Bertz CT molecular complexity index is 621. The van der Waals surface area contributed by atoms with Crippen LogP contribution in [0.1, 0.15) is 43.8 Å². The van der Waals surface area contributed by atoms with E-state index in [9.17, 15) is 5.11 Å². The van der Waals surface area contributed by atoms with Gasteiger partial charge in [-0.1, -0.05) is 0 Å². The number of fused-ring (bicyclic) bond motifs is 1. The van der Waals surface area contributed by atoms with E-state index in [2.05, 4.69) is 15.1 Å². The number of aromatic nitrogens is 4. The van der Waals surface area contributed by atoms with E-state index in [1.165, 1.54) is 19.3 Å². The summed E-state index contributed by atoms with van der Waals surface area (Å²) in [5.41, 5.74) is 0.827. The highest BCUT2D eigenvalue weighted by atomic mass is 16.3. The molecular weight excluding hydrogens is 254 g/mol. The summed E-state index contributed by atoms with van der Waals surface area (Å²) in [6.45, 7) is 1.26. The van der Waals surface area contributed by atoms with Crippen molar-refractivity contribution >= 4 is 11.5 Å². The summed E-state index contributed by atoms with van der Waals surface area (Å²) in [6.07, 6.45) is 5.52. The van der Waals surface area contributed by atoms with E-state index in [0.29, 0.717) is 12.0 Å². The smallest absolute Gasteiger partial charge is 0.178 e. The molecule has 0 bridgehead atoms. The van der Waals surface area contributed by atoms with E-state index in [0.717, 1.165) is 36.7 Å². The summed E-state index contributed by atoms with van der Waals surface area (Å²) in [7, 11) is 0. The Morgan fingerprint density at radius 3 is 2.90 bits per heavy atom. The largest absolute Gasteiger partial charge is 0.396 e. The van der Waals surface area contributed by atoms with Crippen LogP contribution in [0.5, 0.6) is 0 Å². The molecule has 3 heterocycles. The Kier molecular flexibility index (Phi) is 2.84. The standard InChI is InChI=1S/C14H19N5O/c20-9-7-11-2-1-8-18(11)13-6-5-12-15-16-14(10-3-4-10)19(12)17-13/h5-6,10-11,20H,1-4,7-9H2. The fourth-order valence-corrected chi connectivity index (χ4v) is 3.13. The molecule has 0 aromatic carbocycles. The summed E-state index contributed by atoms with van der Waals surface area (Å²) in [6, 6.07) is 4.43. The second kappa shape index (κ2) is 4.70. The molecule has 2 aromatic rings. The molecule has 4 rings (SSSR count). The van der Waals surface area contributed by atoms with Crippen LogP contribution in [-0.2, 0) is 0 Å². The number of rotatable bonds is 4. The third-order valence-electron chi connectivity index (χ3n) is 4.35. The first kappa shape index (κ1) is 12.1. The summed E-state index contributed by atoms with van der Waals surface area (Å²) in [5, 5.41) is 22.4. The molecule has 20 heavy (non-hydrogen) atoms. The van der Waals surface area contributed by atoms with Crippen molar-refractivity contribution in [2.24, 2.45) is 0 Å². The van der Waals surface area contributed by atoms with Crippen molar-refractivity contribution in [2.45, 2.75) is 44.1 Å². The molecule has 1 aliphatic carbocycles. The van der Waals surface area contributed by atoms with Crippen molar-refractivity contribution in [3.05, 3.63) is 18.0 Å². The Morgan fingerprint density at radius 2 is 2.10 bits per heavy atom. The predicted octanol–water partition coefficient (Wildman–Crippen LogP) is 1.35. The average molecular weight is 273 g/mol. The van der Waals surface area contributed by atoms with Gasteiger partial charge in [-0.15, -0.1) is 15.3 Å². The van der Waals surface area contributed by atoms with Crippen LogP contribution in [0.2, 0.25) is 0 Å². The molecule has 6 heteroatoms. The van der Waals surface area contributed by atoms with E-state index in [1.807, 2.05) is 16.6 Å². The molecule has 2 aliphatic rings. The maximum atomic E-state index is 9.18. The SMILES string of the molecule is OCCC1CCCN1c1ccc2nnc(C3CC3)n2n1. The van der Waals surface area contributed by atoms with E-state index in [-0.39, 0.29) is 6.61 Å². The van der Waals surface area contributed by atoms with Gasteiger partial charge in [0.05, 0.1) is 0 Å². The molecule has 1 saturated heterocycles. The van der Waals surface area contributed by atoms with E-state index < -0.39 is 0 Å². The van der Waals surface area contributed by atoms with Gasteiger partial charge in [-0.3, -0.25) is 0 Å². The highest BCUT2D eigenvalue weighted by molar-refractivity contribution is 5.47. The van der Waals surface area contributed by atoms with Crippen molar-refractivity contribution in [3.63, 3.8) is 0 Å². The van der Waals surface area contributed by atoms with Crippen LogP contribution in [0, 0.1) is 0 Å². The zero-order chi connectivity index (χ0) is 13.5. The van der Waals surface area contributed by atoms with Gasteiger partial charge in [-0.05, 0) is 44.2 Å². The topological polar surface area (TPSA) is 66.5 Å². The first-order chi connectivity index (χ1) is 9.86. The third-order valence-corrected chi connectivity index (χ3v) is 4.35. The summed E-state index contributed by atoms with van der Waals surface area (Å²) in [4.78, 5) is 2.31. The third kappa shape index (κ3) is 1.95. The van der Waals surface area contributed by atoms with Crippen molar-refractivity contribution in [1.82, 2.24) is 19.8 Å². The molecule has 1 atom stereocenters. The number of nitrogens with zero attached hydrogens (tertiary/aromatic N) is 5. The maximum Gasteiger partial charge on any atom is 0.178 e. The Labute approximate surface area is 117 Å². The maximum absolute atomic E-state index is 9.18. The molecule has 106 valence electrons. The zero-order valence-corrected chi connectivity index (χ0v) is 11.4. The molecule has 6 nitrogen and oxygen atoms in total. The second-order valence-electron chi connectivity index (χ2n) is 5.80. The van der Waals surface area contributed by atoms with Crippen LogP contribution in [0.25, 0.3) is 5.65 Å². The van der Waals surface area contributed by atoms with Crippen LogP contribution < -0.4 is 4.90 Å². The van der Waals surface area contributed by atoms with Crippen LogP contribution >= 0.6 is 0 Å². The molecule has 0 amide bonds. The molecule has 1 N–H and O–H groups in total. The lowest BCUT2D eigenvalue weighted by molar-refractivity contribution is 0.275. The molecular formula is C14H19N5O. The summed E-state index contributed by atoms with van der Waals surface area (Å²) < 4.78 is 1.90. The molecule has 2 fully saturated rings. The van der Waals surface area contributed by atoms with E-state index in [1.54, 1.807) is 0 Å². The monoisotopic (exact) mass is 273 g/mol. The van der Waals surface area contributed by atoms with Gasteiger partial charge in [0.15, 0.2) is 11.5 Å². The zero-order valence-electron chi connectivity index (χ0n) is 11.4. The van der Waals surface area contributed by atoms with Crippen molar-refractivity contribution in [1.29, 1.82) is 0 Å². The lowest BCUT2D eigenvalue weighted by atomic mass is 10.1. The van der Waals surface area contributed by atoms with Gasteiger partial charge in [-0.2, -0.15) is 4.52 Å². The Hall–Kier alpha value is -1.69. The van der Waals surface area contributed by atoms with Crippen molar-refractivity contribution in [3.8, 4) is 0 Å². The highest BCUT2D eigenvalue weighted by Crippen LogP contribution is 2.39. The lowest BCUT2D eigenvalue weighted by Crippen LogP contribution is -2.31. The summed E-state index contributed by atoms with van der Waals surface area (Å²) in [5.74, 6) is 2.52. The normalized spacial score (nSPS) is 22.9. The molecule has 2 aromatic heterocycles. The fraction of sp³-hybridized carbons (Fsp3) is 0.643. The fourth-order valence-electron chi connectivity index (χ4n) is 3.13. The van der Waals surface area contributed by atoms with Crippen LogP contribution in [-0.4, -0.2) is 44.1 Å². The van der Waals surface area contributed by atoms with Gasteiger partial charge >= 0.3 is 0 Å². The van der Waals surface area contributed by atoms with Crippen LogP contribution in [0.4, 0.5) is 5.82 Å². The van der Waals surface area contributed by atoms with Gasteiger partial charge in [0.1, 0.15) is 5.82 Å². The van der Waals surface area contributed by atoms with Gasteiger partial charge in [0, 0.05) is 25.1 Å². The molecule has 1 unspecified atom stereocenters. The minimum atomic E-state index is 0.239. The van der Waals surface area contributed by atoms with Crippen molar-refractivity contribution in [2.75, 3.05) is 18.1 Å². The molecule has 0 spiro atoms. The van der Waals surface area contributed by atoms with E-state index >= 15 is 0 Å². The molecule has 0 radical (unpaired) electrons. The van der Waals surface area contributed by atoms with Gasteiger partial charge in [0.25, 0.3) is 0 Å². The Balaban J connectivity index is 1.70. The minimum absolute atomic E-state index is 0.239. The lowest BCUT2D eigenvalue weighted by Gasteiger charge is -2.25. The van der Waals surface area contributed by atoms with Crippen molar-refractivity contribution < 1.29 is 5.11 Å². The highest BCUT2D eigenvalue weighted by Gasteiger charge is 2.30. The first-order valence-corrected chi connectivity index (χ1v) is 7.46. The van der Waals surface area contributed by atoms with Crippen LogP contribution in [0.15, 0.2) is 12.1 Å². The van der Waals surface area contributed by atoms with E-state index in [4.69, 9.17) is 5.10 Å². The number of aliphatic hydroxyl groups is 1. The summed E-state index contributed by atoms with van der Waals surface area (Å²) >= 11 is 0. The second-order valence-corrected chi connectivity index (χ2v) is 5.80. The Morgan fingerprint density at radius 1 is 1.20 bits per heavy atom. The number of hydrogen-bond acceptors (Lipinski definition) is 5. The average Bonchev–Trinajstić information content (AvgIpc) is 3.06. The number of hydrogen-bond donors (Lipinski definition) is 1. The minimum Gasteiger partial charge on any atom is -0.396 e.